The van der Waals surface area contributed by atoms with Crippen molar-refractivity contribution in [2.24, 2.45) is 0 Å². The Morgan fingerprint density at radius 3 is 2.84 bits per heavy atom. The lowest BCUT2D eigenvalue weighted by Crippen LogP contribution is -2.22. The molecule has 3 aromatic rings. The van der Waals surface area contributed by atoms with Gasteiger partial charge in [0.1, 0.15) is 12.3 Å². The summed E-state index contributed by atoms with van der Waals surface area (Å²) in [5.74, 6) is -0.303. The predicted octanol–water partition coefficient (Wildman–Crippen LogP) is 2.23. The number of benzene rings is 2. The van der Waals surface area contributed by atoms with Crippen LogP contribution in [0.5, 0.6) is 5.75 Å². The fourth-order valence-corrected chi connectivity index (χ4v) is 2.36. The highest BCUT2D eigenvalue weighted by atomic mass is 16.5. The van der Waals surface area contributed by atoms with E-state index in [0.29, 0.717) is 11.4 Å². The first-order valence-electron chi connectivity index (χ1n) is 7.65. The maximum atomic E-state index is 11.9. The van der Waals surface area contributed by atoms with Crippen molar-refractivity contribution in [3.05, 3.63) is 54.9 Å². The normalized spacial score (nSPS) is 10.4. The molecule has 0 saturated carbocycles. The topological polar surface area (TPSA) is 82.5 Å². The molecule has 0 unspecified atom stereocenters. The first kappa shape index (κ1) is 16.5. The summed E-state index contributed by atoms with van der Waals surface area (Å²) in [6, 6.07) is 14.4. The summed E-state index contributed by atoms with van der Waals surface area (Å²) < 4.78 is 11.8. The van der Waals surface area contributed by atoms with Crippen LogP contribution in [-0.4, -0.2) is 35.1 Å². The fraction of sp³-hybridized carbons (Fsp3) is 0.167. The van der Waals surface area contributed by atoms with E-state index in [9.17, 15) is 9.59 Å². The second-order valence-corrected chi connectivity index (χ2v) is 5.30. The van der Waals surface area contributed by atoms with Crippen LogP contribution >= 0.6 is 0 Å². The lowest BCUT2D eigenvalue weighted by molar-refractivity contribution is -0.147. The lowest BCUT2D eigenvalue weighted by atomic mass is 10.3. The molecule has 0 aliphatic rings. The number of hydrogen-bond donors (Lipinski definition) is 1. The van der Waals surface area contributed by atoms with Crippen molar-refractivity contribution in [1.29, 1.82) is 0 Å². The van der Waals surface area contributed by atoms with Crippen LogP contribution < -0.4 is 10.1 Å². The molecule has 7 nitrogen and oxygen atoms in total. The van der Waals surface area contributed by atoms with E-state index in [2.05, 4.69) is 10.3 Å². The van der Waals surface area contributed by atoms with Gasteiger partial charge in [0, 0.05) is 11.8 Å². The maximum Gasteiger partial charge on any atom is 0.326 e. The van der Waals surface area contributed by atoms with Gasteiger partial charge in [-0.3, -0.25) is 9.59 Å². The molecule has 1 N–H and O–H groups in total. The summed E-state index contributed by atoms with van der Waals surface area (Å²) >= 11 is 0. The van der Waals surface area contributed by atoms with E-state index in [4.69, 9.17) is 9.47 Å². The number of ether oxygens (including phenoxy) is 2. The van der Waals surface area contributed by atoms with E-state index < -0.39 is 11.9 Å². The van der Waals surface area contributed by atoms with Crippen molar-refractivity contribution >= 4 is 28.6 Å². The van der Waals surface area contributed by atoms with Gasteiger partial charge in [-0.15, -0.1) is 0 Å². The average Bonchev–Trinajstić information content (AvgIpc) is 3.03. The van der Waals surface area contributed by atoms with Crippen LogP contribution in [0.1, 0.15) is 0 Å². The molecule has 1 heterocycles. The summed E-state index contributed by atoms with van der Waals surface area (Å²) in [6.45, 7) is -0.365. The Hall–Kier alpha value is -3.35. The van der Waals surface area contributed by atoms with Gasteiger partial charge in [0.05, 0.1) is 24.5 Å². The number of esters is 1. The molecular formula is C18H17N3O4. The Labute approximate surface area is 144 Å². The van der Waals surface area contributed by atoms with Gasteiger partial charge in [-0.25, -0.2) is 4.98 Å². The maximum absolute atomic E-state index is 11.9. The number of nitrogens with one attached hydrogen (secondary N) is 1. The number of aromatic nitrogens is 2. The molecule has 0 fully saturated rings. The highest BCUT2D eigenvalue weighted by Crippen LogP contribution is 2.16. The summed E-state index contributed by atoms with van der Waals surface area (Å²) in [7, 11) is 1.54. The molecule has 0 bridgehead atoms. The Balaban J connectivity index is 1.52. The summed E-state index contributed by atoms with van der Waals surface area (Å²) in [5, 5.41) is 2.65. The number of rotatable bonds is 6. The molecule has 2 aromatic carbocycles. The largest absolute Gasteiger partial charge is 0.497 e. The number of fused-ring (bicyclic) bond motifs is 1. The minimum absolute atomic E-state index is 0.00699. The monoisotopic (exact) mass is 339 g/mol. The van der Waals surface area contributed by atoms with E-state index in [1.165, 1.54) is 0 Å². The number of anilines is 1. The molecule has 0 aliphatic heterocycles. The number of para-hydroxylation sites is 2. The van der Waals surface area contributed by atoms with Crippen LogP contribution in [0.2, 0.25) is 0 Å². The zero-order valence-corrected chi connectivity index (χ0v) is 13.6. The molecule has 0 saturated heterocycles. The van der Waals surface area contributed by atoms with E-state index in [1.54, 1.807) is 42.3 Å². The Morgan fingerprint density at radius 2 is 2.00 bits per heavy atom. The molecule has 1 aromatic heterocycles. The number of amides is 1. The highest BCUT2D eigenvalue weighted by molar-refractivity contribution is 5.93. The van der Waals surface area contributed by atoms with Crippen molar-refractivity contribution in [2.75, 3.05) is 19.0 Å². The second-order valence-electron chi connectivity index (χ2n) is 5.30. The van der Waals surface area contributed by atoms with E-state index in [-0.39, 0.29) is 13.2 Å². The molecule has 0 aliphatic carbocycles. The van der Waals surface area contributed by atoms with Crippen molar-refractivity contribution in [3.8, 4) is 5.75 Å². The van der Waals surface area contributed by atoms with Gasteiger partial charge in [-0.05, 0) is 24.3 Å². The van der Waals surface area contributed by atoms with Gasteiger partial charge in [0.15, 0.2) is 6.61 Å². The number of nitrogens with zero attached hydrogens (tertiary/aromatic N) is 2. The van der Waals surface area contributed by atoms with Crippen LogP contribution in [0.4, 0.5) is 5.69 Å². The van der Waals surface area contributed by atoms with Gasteiger partial charge >= 0.3 is 5.97 Å². The van der Waals surface area contributed by atoms with Crippen LogP contribution in [0.15, 0.2) is 54.9 Å². The van der Waals surface area contributed by atoms with Crippen molar-refractivity contribution in [2.45, 2.75) is 6.54 Å². The molecule has 0 atom stereocenters. The third kappa shape index (κ3) is 4.14. The Kier molecular flexibility index (Phi) is 4.94. The van der Waals surface area contributed by atoms with Crippen molar-refractivity contribution < 1.29 is 19.1 Å². The van der Waals surface area contributed by atoms with Gasteiger partial charge < -0.3 is 19.4 Å². The zero-order chi connectivity index (χ0) is 17.6. The lowest BCUT2D eigenvalue weighted by Gasteiger charge is -2.08. The summed E-state index contributed by atoms with van der Waals surface area (Å²) in [5.41, 5.74) is 2.20. The van der Waals surface area contributed by atoms with Crippen LogP contribution in [0, 0.1) is 0 Å². The number of methoxy groups -OCH3 is 1. The summed E-state index contributed by atoms with van der Waals surface area (Å²) in [4.78, 5) is 28.0. The van der Waals surface area contributed by atoms with Gasteiger partial charge in [-0.2, -0.15) is 0 Å². The SMILES string of the molecule is COc1cccc(NC(=O)COC(=O)Cn2cnc3ccccc32)c1. The minimum atomic E-state index is -0.510. The van der Waals surface area contributed by atoms with Gasteiger partial charge in [0.2, 0.25) is 0 Å². The predicted molar refractivity (Wildman–Crippen MR) is 92.3 cm³/mol. The van der Waals surface area contributed by atoms with Crippen molar-refractivity contribution in [3.63, 3.8) is 0 Å². The van der Waals surface area contributed by atoms with Crippen LogP contribution in [-0.2, 0) is 20.9 Å². The first-order valence-corrected chi connectivity index (χ1v) is 7.65. The van der Waals surface area contributed by atoms with Crippen LogP contribution in [0.3, 0.4) is 0 Å². The molecule has 7 heteroatoms. The van der Waals surface area contributed by atoms with E-state index in [0.717, 1.165) is 11.0 Å². The Bertz CT molecular complexity index is 904. The number of carbonyl (C=O) groups excluding carboxylic acids is 2. The fourth-order valence-electron chi connectivity index (χ4n) is 2.36. The molecule has 25 heavy (non-hydrogen) atoms. The molecule has 128 valence electrons. The minimum Gasteiger partial charge on any atom is -0.497 e. The van der Waals surface area contributed by atoms with E-state index in [1.807, 2.05) is 24.3 Å². The molecular weight excluding hydrogens is 322 g/mol. The quantitative estimate of drug-likeness (QED) is 0.696. The van der Waals surface area contributed by atoms with Crippen LogP contribution in [0.25, 0.3) is 11.0 Å². The third-order valence-corrected chi connectivity index (χ3v) is 3.54. The van der Waals surface area contributed by atoms with Gasteiger partial charge in [0.25, 0.3) is 5.91 Å². The average molecular weight is 339 g/mol. The number of imidazole rings is 1. The molecule has 0 spiro atoms. The standard InChI is InChI=1S/C18H17N3O4/c1-24-14-6-4-5-13(9-14)20-17(22)11-25-18(23)10-21-12-19-15-7-2-3-8-16(15)21/h2-9,12H,10-11H2,1H3,(H,20,22). The third-order valence-electron chi connectivity index (χ3n) is 3.54. The smallest absolute Gasteiger partial charge is 0.326 e. The number of hydrogen-bond acceptors (Lipinski definition) is 5. The molecule has 1 amide bonds. The highest BCUT2D eigenvalue weighted by Gasteiger charge is 2.11. The zero-order valence-electron chi connectivity index (χ0n) is 13.6. The molecule has 3 rings (SSSR count). The van der Waals surface area contributed by atoms with Crippen molar-refractivity contribution in [1.82, 2.24) is 9.55 Å². The Morgan fingerprint density at radius 1 is 1.16 bits per heavy atom. The number of carbonyl (C=O) groups is 2. The van der Waals surface area contributed by atoms with Gasteiger partial charge in [-0.1, -0.05) is 18.2 Å². The molecule has 0 radical (unpaired) electrons. The van der Waals surface area contributed by atoms with E-state index >= 15 is 0 Å². The second kappa shape index (κ2) is 7.48. The summed E-state index contributed by atoms with van der Waals surface area (Å²) in [6.07, 6.45) is 1.57. The first-order chi connectivity index (χ1) is 12.2.